The minimum atomic E-state index is -4.79. The number of carbonyl (C=O) groups excluding carboxylic acids is 2. The second-order valence-electron chi connectivity index (χ2n) is 9.50. The summed E-state index contributed by atoms with van der Waals surface area (Å²) in [5.41, 5.74) is -1.91. The van der Waals surface area contributed by atoms with Crippen LogP contribution in [0.1, 0.15) is 38.8 Å². The van der Waals surface area contributed by atoms with Crippen molar-refractivity contribution in [3.63, 3.8) is 0 Å². The van der Waals surface area contributed by atoms with Gasteiger partial charge >= 0.3 is 6.18 Å². The number of benzene rings is 2. The van der Waals surface area contributed by atoms with Gasteiger partial charge in [-0.05, 0) is 63.6 Å². The molecular weight excluding hydrogens is 538 g/mol. The lowest BCUT2D eigenvalue weighted by atomic mass is 10.1. The maximum atomic E-state index is 13.5. The van der Waals surface area contributed by atoms with Crippen LogP contribution < -0.4 is 9.62 Å². The van der Waals surface area contributed by atoms with Crippen molar-refractivity contribution in [1.82, 2.24) is 10.2 Å². The van der Waals surface area contributed by atoms with Crippen molar-refractivity contribution in [3.05, 3.63) is 64.4 Å². The normalized spacial score (nSPS) is 13.1. The zero-order chi connectivity index (χ0) is 28.3. The Morgan fingerprint density at radius 1 is 1.05 bits per heavy atom. The van der Waals surface area contributed by atoms with E-state index in [4.69, 9.17) is 11.6 Å². The van der Waals surface area contributed by atoms with Crippen LogP contribution in [0.25, 0.3) is 0 Å². The fraction of sp³-hybridized carbons (Fsp3) is 0.417. The molecule has 0 bridgehead atoms. The SMILES string of the molecule is CC(C(=O)NC(C)(C)C)N(Cc1ccc(F)cc1)C(=O)CN(c1cc(C(F)(F)F)ccc1Cl)S(C)(=O)=O. The Morgan fingerprint density at radius 2 is 1.62 bits per heavy atom. The first-order chi connectivity index (χ1) is 16.8. The van der Waals surface area contributed by atoms with E-state index in [9.17, 15) is 35.6 Å². The smallest absolute Gasteiger partial charge is 0.350 e. The number of nitrogens with zero attached hydrogens (tertiary/aromatic N) is 2. The van der Waals surface area contributed by atoms with E-state index < -0.39 is 63.2 Å². The maximum absolute atomic E-state index is 13.5. The van der Waals surface area contributed by atoms with Crippen molar-refractivity contribution >= 4 is 39.1 Å². The van der Waals surface area contributed by atoms with Gasteiger partial charge in [-0.1, -0.05) is 23.7 Å². The number of nitrogens with one attached hydrogen (secondary N) is 1. The van der Waals surface area contributed by atoms with Crippen LogP contribution in [0.2, 0.25) is 5.02 Å². The standard InChI is InChI=1S/C24H28ClF4N3O4S/c1-15(22(34)30-23(2,3)4)31(13-16-6-9-18(26)10-7-16)21(33)14-32(37(5,35)36)20-12-17(24(27,28)29)8-11-19(20)25/h6-12,15H,13-14H2,1-5H3,(H,30,34). The van der Waals surface area contributed by atoms with Crippen molar-refractivity contribution in [2.24, 2.45) is 0 Å². The van der Waals surface area contributed by atoms with Crippen LogP contribution in [-0.2, 0) is 32.3 Å². The summed E-state index contributed by atoms with van der Waals surface area (Å²) in [4.78, 5) is 27.4. The number of anilines is 1. The molecule has 2 aromatic carbocycles. The third kappa shape index (κ3) is 8.60. The summed E-state index contributed by atoms with van der Waals surface area (Å²) in [6, 6.07) is 6.09. The van der Waals surface area contributed by atoms with Gasteiger partial charge in [0.05, 0.1) is 22.5 Å². The van der Waals surface area contributed by atoms with E-state index in [-0.39, 0.29) is 11.6 Å². The summed E-state index contributed by atoms with van der Waals surface area (Å²) in [5, 5.41) is 2.40. The van der Waals surface area contributed by atoms with Crippen LogP contribution in [0.5, 0.6) is 0 Å². The summed E-state index contributed by atoms with van der Waals surface area (Å²) in [5.74, 6) is -1.96. The average molecular weight is 566 g/mol. The van der Waals surface area contributed by atoms with Gasteiger partial charge in [0.2, 0.25) is 21.8 Å². The summed E-state index contributed by atoms with van der Waals surface area (Å²) in [6.07, 6.45) is -4.07. The van der Waals surface area contributed by atoms with E-state index in [1.54, 1.807) is 20.8 Å². The fourth-order valence-corrected chi connectivity index (χ4v) is 4.44. The van der Waals surface area contributed by atoms with Crippen LogP contribution in [0.4, 0.5) is 23.2 Å². The summed E-state index contributed by atoms with van der Waals surface area (Å²) in [6.45, 7) is 5.46. The first-order valence-corrected chi connectivity index (χ1v) is 13.2. The molecule has 0 heterocycles. The maximum Gasteiger partial charge on any atom is 0.416 e. The molecule has 0 aliphatic heterocycles. The number of sulfonamides is 1. The molecule has 37 heavy (non-hydrogen) atoms. The molecule has 0 fully saturated rings. The van der Waals surface area contributed by atoms with Crippen LogP contribution in [-0.4, -0.2) is 49.5 Å². The molecule has 0 saturated heterocycles. The molecule has 1 unspecified atom stereocenters. The van der Waals surface area contributed by atoms with Gasteiger partial charge in [0.1, 0.15) is 18.4 Å². The molecule has 7 nitrogen and oxygen atoms in total. The lowest BCUT2D eigenvalue weighted by molar-refractivity contribution is -0.140. The highest BCUT2D eigenvalue weighted by Gasteiger charge is 2.35. The minimum absolute atomic E-state index is 0.203. The van der Waals surface area contributed by atoms with E-state index in [1.165, 1.54) is 19.1 Å². The van der Waals surface area contributed by atoms with E-state index >= 15 is 0 Å². The van der Waals surface area contributed by atoms with E-state index in [1.807, 2.05) is 0 Å². The molecule has 0 radical (unpaired) electrons. The zero-order valence-corrected chi connectivity index (χ0v) is 22.4. The molecule has 0 spiro atoms. The molecule has 0 aliphatic rings. The molecule has 13 heteroatoms. The second-order valence-corrected chi connectivity index (χ2v) is 11.8. The molecule has 0 aromatic heterocycles. The Hall–Kier alpha value is -2.86. The highest BCUT2D eigenvalue weighted by molar-refractivity contribution is 7.92. The van der Waals surface area contributed by atoms with Gasteiger partial charge < -0.3 is 10.2 Å². The molecular formula is C24H28ClF4N3O4S. The Balaban J connectivity index is 2.51. The zero-order valence-electron chi connectivity index (χ0n) is 20.9. The predicted octanol–water partition coefficient (Wildman–Crippen LogP) is 4.60. The van der Waals surface area contributed by atoms with Gasteiger partial charge in [0.25, 0.3) is 0 Å². The molecule has 1 atom stereocenters. The first-order valence-electron chi connectivity index (χ1n) is 11.0. The van der Waals surface area contributed by atoms with Gasteiger partial charge in [-0.15, -0.1) is 0 Å². The summed E-state index contributed by atoms with van der Waals surface area (Å²) in [7, 11) is -4.30. The molecule has 204 valence electrons. The summed E-state index contributed by atoms with van der Waals surface area (Å²) >= 11 is 6.04. The molecule has 2 aromatic rings. The monoisotopic (exact) mass is 565 g/mol. The lowest BCUT2D eigenvalue weighted by Gasteiger charge is -2.33. The second kappa shape index (κ2) is 11.3. The number of amides is 2. The fourth-order valence-electron chi connectivity index (χ4n) is 3.32. The van der Waals surface area contributed by atoms with E-state index in [2.05, 4.69) is 5.32 Å². The molecule has 1 N–H and O–H groups in total. The number of hydrogen-bond donors (Lipinski definition) is 1. The number of halogens is 5. The molecule has 0 aliphatic carbocycles. The van der Waals surface area contributed by atoms with Gasteiger partial charge in [-0.2, -0.15) is 13.2 Å². The van der Waals surface area contributed by atoms with Gasteiger partial charge in [0, 0.05) is 12.1 Å². The molecule has 2 rings (SSSR count). The van der Waals surface area contributed by atoms with Crippen LogP contribution in [0.3, 0.4) is 0 Å². The Bertz CT molecular complexity index is 1250. The van der Waals surface area contributed by atoms with Gasteiger partial charge in [0.15, 0.2) is 0 Å². The van der Waals surface area contributed by atoms with Crippen LogP contribution >= 0.6 is 11.6 Å². The number of carbonyl (C=O) groups is 2. The van der Waals surface area contributed by atoms with E-state index in [0.717, 1.165) is 29.4 Å². The lowest BCUT2D eigenvalue weighted by Crippen LogP contribution is -2.54. The topological polar surface area (TPSA) is 86.8 Å². The van der Waals surface area contributed by atoms with Crippen molar-refractivity contribution in [2.45, 2.75) is 52.0 Å². The third-order valence-corrected chi connectivity index (χ3v) is 6.60. The molecule has 2 amide bonds. The van der Waals surface area contributed by atoms with Gasteiger partial charge in [-0.3, -0.25) is 13.9 Å². The Morgan fingerprint density at radius 3 is 2.11 bits per heavy atom. The minimum Gasteiger partial charge on any atom is -0.350 e. The highest BCUT2D eigenvalue weighted by atomic mass is 35.5. The van der Waals surface area contributed by atoms with Crippen LogP contribution in [0.15, 0.2) is 42.5 Å². The van der Waals surface area contributed by atoms with Crippen molar-refractivity contribution in [3.8, 4) is 0 Å². The predicted molar refractivity (Wildman–Crippen MR) is 133 cm³/mol. The Labute approximate surface area is 218 Å². The first kappa shape index (κ1) is 30.4. The largest absolute Gasteiger partial charge is 0.416 e. The number of rotatable bonds is 8. The van der Waals surface area contributed by atoms with Crippen molar-refractivity contribution < 1.29 is 35.6 Å². The van der Waals surface area contributed by atoms with Crippen molar-refractivity contribution in [2.75, 3.05) is 17.1 Å². The third-order valence-electron chi connectivity index (χ3n) is 5.15. The van der Waals surface area contributed by atoms with Crippen LogP contribution in [0, 0.1) is 5.82 Å². The highest BCUT2D eigenvalue weighted by Crippen LogP contribution is 2.36. The quantitative estimate of drug-likeness (QED) is 0.474. The number of alkyl halides is 3. The van der Waals surface area contributed by atoms with Crippen molar-refractivity contribution in [1.29, 1.82) is 0 Å². The van der Waals surface area contributed by atoms with E-state index in [0.29, 0.717) is 22.0 Å². The summed E-state index contributed by atoms with van der Waals surface area (Å²) < 4.78 is 78.9. The van der Waals surface area contributed by atoms with Gasteiger partial charge in [-0.25, -0.2) is 12.8 Å². The number of hydrogen-bond acceptors (Lipinski definition) is 4. The Kier molecular flexibility index (Phi) is 9.24. The average Bonchev–Trinajstić information content (AvgIpc) is 2.74. The molecule has 0 saturated carbocycles.